The number of hydrogen-bond acceptors (Lipinski definition) is 2. The lowest BCUT2D eigenvalue weighted by molar-refractivity contribution is 0.101. The fraction of sp³-hybridized carbons (Fsp3) is 0.923. The summed E-state index contributed by atoms with van der Waals surface area (Å²) in [6, 6.07) is 2.30. The molecule has 0 aromatic heterocycles. The van der Waals surface area contributed by atoms with Crippen LogP contribution < -0.4 is 0 Å². The second-order valence-electron chi connectivity index (χ2n) is 6.02. The molecule has 0 unspecified atom stereocenters. The number of hydrogen-bond donors (Lipinski definition) is 0. The quantitative estimate of drug-likeness (QED) is 0.626. The van der Waals surface area contributed by atoms with Gasteiger partial charge in [0.2, 0.25) is 0 Å². The third-order valence-electron chi connectivity index (χ3n) is 2.39. The summed E-state index contributed by atoms with van der Waals surface area (Å²) in [7, 11) is 0. The molecule has 0 N–H and O–H groups in total. The Morgan fingerprint density at radius 3 is 2.07 bits per heavy atom. The lowest BCUT2D eigenvalue weighted by Crippen LogP contribution is -2.12. The minimum Gasteiger partial charge on any atom is -0.381 e. The molecule has 2 nitrogen and oxygen atoms in total. The van der Waals surface area contributed by atoms with Gasteiger partial charge in [0.05, 0.1) is 11.5 Å². The Bertz CT molecular complexity index is 208. The molecular formula is C13H25NO. The normalized spacial score (nSPS) is 12.5. The number of ether oxygens (including phenoxy) is 1. The zero-order chi connectivity index (χ0) is 11.9. The summed E-state index contributed by atoms with van der Waals surface area (Å²) in [6.45, 7) is 12.2. The fourth-order valence-corrected chi connectivity index (χ4v) is 1.15. The highest BCUT2D eigenvalue weighted by Gasteiger charge is 2.15. The Balaban J connectivity index is 3.38. The summed E-state index contributed by atoms with van der Waals surface area (Å²) in [4.78, 5) is 0. The van der Waals surface area contributed by atoms with Crippen LogP contribution in [0.5, 0.6) is 0 Å². The van der Waals surface area contributed by atoms with Crippen LogP contribution >= 0.6 is 0 Å². The molecule has 0 aliphatic rings. The zero-order valence-corrected chi connectivity index (χ0v) is 10.9. The van der Waals surface area contributed by atoms with Gasteiger partial charge < -0.3 is 4.74 Å². The van der Waals surface area contributed by atoms with Crippen LogP contribution in [0.1, 0.15) is 53.9 Å². The maximum atomic E-state index is 8.81. The second-order valence-corrected chi connectivity index (χ2v) is 6.02. The zero-order valence-electron chi connectivity index (χ0n) is 10.9. The smallest absolute Gasteiger partial charge is 0.0683 e. The molecule has 0 amide bonds. The molecule has 0 radical (unpaired) electrons. The van der Waals surface area contributed by atoms with E-state index in [1.54, 1.807) is 0 Å². The van der Waals surface area contributed by atoms with Gasteiger partial charge in [0, 0.05) is 13.2 Å². The topological polar surface area (TPSA) is 33.0 Å². The van der Waals surface area contributed by atoms with Crippen molar-refractivity contribution in [3.05, 3.63) is 0 Å². The van der Waals surface area contributed by atoms with E-state index in [1.807, 2.05) is 13.8 Å². The van der Waals surface area contributed by atoms with Gasteiger partial charge in [-0.05, 0) is 38.5 Å². The maximum Gasteiger partial charge on any atom is 0.0683 e. The molecule has 0 fully saturated rings. The molecule has 88 valence electrons. The van der Waals surface area contributed by atoms with E-state index in [0.29, 0.717) is 5.41 Å². The van der Waals surface area contributed by atoms with E-state index in [-0.39, 0.29) is 5.41 Å². The van der Waals surface area contributed by atoms with E-state index in [2.05, 4.69) is 26.8 Å². The van der Waals surface area contributed by atoms with Crippen molar-refractivity contribution in [2.75, 3.05) is 13.2 Å². The van der Waals surface area contributed by atoms with Crippen molar-refractivity contribution in [1.82, 2.24) is 0 Å². The predicted molar refractivity (Wildman–Crippen MR) is 63.5 cm³/mol. The molecule has 0 saturated heterocycles. The average Bonchev–Trinajstić information content (AvgIpc) is 2.09. The monoisotopic (exact) mass is 211 g/mol. The largest absolute Gasteiger partial charge is 0.381 e. The molecule has 0 heterocycles. The van der Waals surface area contributed by atoms with E-state index >= 15 is 0 Å². The average molecular weight is 211 g/mol. The lowest BCUT2D eigenvalue weighted by Gasteiger charge is -2.18. The van der Waals surface area contributed by atoms with E-state index in [0.717, 1.165) is 32.5 Å². The first-order valence-corrected chi connectivity index (χ1v) is 5.76. The molecule has 0 saturated carbocycles. The van der Waals surface area contributed by atoms with Crippen LogP contribution in [0.15, 0.2) is 0 Å². The summed E-state index contributed by atoms with van der Waals surface area (Å²) in [5.41, 5.74) is 0.152. The van der Waals surface area contributed by atoms with Crippen LogP contribution in [0.2, 0.25) is 0 Å². The van der Waals surface area contributed by atoms with Gasteiger partial charge in [0.15, 0.2) is 0 Å². The minimum absolute atomic E-state index is 0.201. The maximum absolute atomic E-state index is 8.81. The van der Waals surface area contributed by atoms with Crippen molar-refractivity contribution in [3.63, 3.8) is 0 Å². The lowest BCUT2D eigenvalue weighted by atomic mass is 9.90. The molecule has 0 aliphatic carbocycles. The van der Waals surface area contributed by atoms with Gasteiger partial charge in [-0.15, -0.1) is 0 Å². The van der Waals surface area contributed by atoms with E-state index in [9.17, 15) is 0 Å². The molecule has 0 bridgehead atoms. The molecule has 15 heavy (non-hydrogen) atoms. The van der Waals surface area contributed by atoms with Crippen LogP contribution in [-0.2, 0) is 4.74 Å². The highest BCUT2D eigenvalue weighted by atomic mass is 16.5. The van der Waals surface area contributed by atoms with Crippen LogP contribution in [-0.4, -0.2) is 13.2 Å². The van der Waals surface area contributed by atoms with Gasteiger partial charge in [-0.2, -0.15) is 5.26 Å². The summed E-state index contributed by atoms with van der Waals surface area (Å²) >= 11 is 0. The summed E-state index contributed by atoms with van der Waals surface area (Å²) in [5.74, 6) is 0. The number of rotatable bonds is 6. The SMILES string of the molecule is CC(C)(C)CCOCCCC(C)(C)C#N. The van der Waals surface area contributed by atoms with E-state index in [4.69, 9.17) is 10.00 Å². The van der Waals surface area contributed by atoms with Gasteiger partial charge in [-0.3, -0.25) is 0 Å². The third-order valence-corrected chi connectivity index (χ3v) is 2.39. The van der Waals surface area contributed by atoms with Crippen LogP contribution in [0.25, 0.3) is 0 Å². The molecular weight excluding hydrogens is 186 g/mol. The van der Waals surface area contributed by atoms with Crippen molar-refractivity contribution >= 4 is 0 Å². The van der Waals surface area contributed by atoms with Gasteiger partial charge in [-0.1, -0.05) is 20.8 Å². The van der Waals surface area contributed by atoms with Crippen molar-refractivity contribution in [2.45, 2.75) is 53.9 Å². The summed E-state index contributed by atoms with van der Waals surface area (Å²) < 4.78 is 5.54. The molecule has 2 heteroatoms. The first-order chi connectivity index (χ1) is 6.77. The van der Waals surface area contributed by atoms with Gasteiger partial charge in [0.1, 0.15) is 0 Å². The summed E-state index contributed by atoms with van der Waals surface area (Å²) in [6.07, 6.45) is 2.98. The molecule has 0 aromatic rings. The first kappa shape index (κ1) is 14.5. The van der Waals surface area contributed by atoms with Crippen molar-refractivity contribution in [1.29, 1.82) is 5.26 Å². The van der Waals surface area contributed by atoms with Crippen molar-refractivity contribution in [2.24, 2.45) is 10.8 Å². The van der Waals surface area contributed by atoms with Crippen LogP contribution in [0.4, 0.5) is 0 Å². The van der Waals surface area contributed by atoms with Gasteiger partial charge in [0.25, 0.3) is 0 Å². The highest BCUT2D eigenvalue weighted by molar-refractivity contribution is 4.91. The Kier molecular flexibility index (Phi) is 5.90. The highest BCUT2D eigenvalue weighted by Crippen LogP contribution is 2.21. The van der Waals surface area contributed by atoms with Crippen molar-refractivity contribution in [3.8, 4) is 6.07 Å². The molecule has 0 aromatic carbocycles. The summed E-state index contributed by atoms with van der Waals surface area (Å²) in [5, 5.41) is 8.81. The molecule has 0 atom stereocenters. The Morgan fingerprint density at radius 2 is 1.60 bits per heavy atom. The van der Waals surface area contributed by atoms with Gasteiger partial charge >= 0.3 is 0 Å². The van der Waals surface area contributed by atoms with Crippen molar-refractivity contribution < 1.29 is 4.74 Å². The standard InChI is InChI=1S/C13H25NO/c1-12(2,3)8-10-15-9-6-7-13(4,5)11-14/h6-10H2,1-5H3. The minimum atomic E-state index is -0.201. The number of nitriles is 1. The third kappa shape index (κ3) is 9.75. The van der Waals surface area contributed by atoms with Gasteiger partial charge in [-0.25, -0.2) is 0 Å². The molecule has 0 spiro atoms. The van der Waals surface area contributed by atoms with E-state index in [1.165, 1.54) is 0 Å². The van der Waals surface area contributed by atoms with Crippen LogP contribution in [0, 0.1) is 22.2 Å². The molecule has 0 aliphatic heterocycles. The number of nitrogens with zero attached hydrogens (tertiary/aromatic N) is 1. The fourth-order valence-electron chi connectivity index (χ4n) is 1.15. The predicted octanol–water partition coefficient (Wildman–Crippen LogP) is 3.77. The molecule has 0 rings (SSSR count). The second kappa shape index (κ2) is 6.12. The van der Waals surface area contributed by atoms with E-state index < -0.39 is 0 Å². The Labute approximate surface area is 94.6 Å². The first-order valence-electron chi connectivity index (χ1n) is 5.76. The Morgan fingerprint density at radius 1 is 1.00 bits per heavy atom. The van der Waals surface area contributed by atoms with Crippen LogP contribution in [0.3, 0.4) is 0 Å². The Hall–Kier alpha value is -0.550.